The largest absolute Gasteiger partial charge is 0.372 e. The van der Waals surface area contributed by atoms with Crippen molar-refractivity contribution in [2.75, 3.05) is 13.1 Å². The van der Waals surface area contributed by atoms with Gasteiger partial charge in [-0.3, -0.25) is 4.79 Å². The van der Waals surface area contributed by atoms with Crippen LogP contribution < -0.4 is 0 Å². The molecular weight excluding hydrogens is 190 g/mol. The fourth-order valence-corrected chi connectivity index (χ4v) is 1.75. The van der Waals surface area contributed by atoms with Crippen molar-refractivity contribution in [3.63, 3.8) is 0 Å². The first kappa shape index (κ1) is 10.8. The van der Waals surface area contributed by atoms with Gasteiger partial charge in [-0.2, -0.15) is 0 Å². The summed E-state index contributed by atoms with van der Waals surface area (Å²) in [7, 11) is 0. The average Bonchev–Trinajstić information content (AvgIpc) is 2.01. The summed E-state index contributed by atoms with van der Waals surface area (Å²) in [5, 5.41) is -0.433. The number of halogens is 1. The van der Waals surface area contributed by atoms with E-state index in [1.165, 1.54) is 0 Å². The standard InChI is InChI=1S/C9H16ClNO2/c1-6-4-11(5-7(2)13-6)9(12)8(3)10/h6-8H,4-5H2,1-3H3/t6-,7-,8-/m1/s1. The van der Waals surface area contributed by atoms with E-state index in [2.05, 4.69) is 0 Å². The van der Waals surface area contributed by atoms with Crippen molar-refractivity contribution >= 4 is 17.5 Å². The molecule has 0 aromatic heterocycles. The van der Waals surface area contributed by atoms with Crippen molar-refractivity contribution in [3.8, 4) is 0 Å². The lowest BCUT2D eigenvalue weighted by Gasteiger charge is -2.35. The van der Waals surface area contributed by atoms with E-state index in [0.717, 1.165) is 0 Å². The van der Waals surface area contributed by atoms with Crippen molar-refractivity contribution in [1.82, 2.24) is 4.90 Å². The zero-order valence-corrected chi connectivity index (χ0v) is 9.04. The van der Waals surface area contributed by atoms with Crippen molar-refractivity contribution in [2.24, 2.45) is 0 Å². The van der Waals surface area contributed by atoms with Crippen molar-refractivity contribution in [3.05, 3.63) is 0 Å². The zero-order chi connectivity index (χ0) is 10.0. The summed E-state index contributed by atoms with van der Waals surface area (Å²) in [5.74, 6) is 0.00340. The van der Waals surface area contributed by atoms with Gasteiger partial charge in [-0.15, -0.1) is 11.6 Å². The lowest BCUT2D eigenvalue weighted by molar-refractivity contribution is -0.142. The van der Waals surface area contributed by atoms with Gasteiger partial charge in [-0.25, -0.2) is 0 Å². The number of amides is 1. The van der Waals surface area contributed by atoms with Gasteiger partial charge in [0, 0.05) is 13.1 Å². The number of ether oxygens (including phenoxy) is 1. The summed E-state index contributed by atoms with van der Waals surface area (Å²) in [6.45, 7) is 6.94. The Bertz CT molecular complexity index is 186. The van der Waals surface area contributed by atoms with Crippen LogP contribution in [0.4, 0.5) is 0 Å². The molecule has 0 spiro atoms. The molecule has 3 atom stereocenters. The van der Waals surface area contributed by atoms with Gasteiger partial charge in [-0.1, -0.05) is 0 Å². The summed E-state index contributed by atoms with van der Waals surface area (Å²) >= 11 is 5.72. The molecule has 1 heterocycles. The Labute approximate surface area is 84.0 Å². The zero-order valence-electron chi connectivity index (χ0n) is 8.29. The minimum Gasteiger partial charge on any atom is -0.372 e. The maximum atomic E-state index is 11.5. The van der Waals surface area contributed by atoms with Crippen LogP contribution in [0.1, 0.15) is 20.8 Å². The minimum atomic E-state index is -0.433. The summed E-state index contributed by atoms with van der Waals surface area (Å²) in [4.78, 5) is 13.3. The van der Waals surface area contributed by atoms with E-state index in [1.54, 1.807) is 11.8 Å². The van der Waals surface area contributed by atoms with Crippen LogP contribution in [0.2, 0.25) is 0 Å². The Morgan fingerprint density at radius 2 is 1.92 bits per heavy atom. The molecule has 0 aromatic rings. The lowest BCUT2D eigenvalue weighted by atomic mass is 10.2. The Morgan fingerprint density at radius 3 is 2.31 bits per heavy atom. The molecule has 76 valence electrons. The smallest absolute Gasteiger partial charge is 0.240 e. The molecule has 1 aliphatic rings. The first-order valence-corrected chi connectivity index (χ1v) is 5.02. The van der Waals surface area contributed by atoms with E-state index >= 15 is 0 Å². The molecular formula is C9H16ClNO2. The maximum Gasteiger partial charge on any atom is 0.240 e. The molecule has 0 aliphatic carbocycles. The van der Waals surface area contributed by atoms with E-state index in [0.29, 0.717) is 13.1 Å². The molecule has 3 nitrogen and oxygen atoms in total. The second kappa shape index (κ2) is 4.29. The van der Waals surface area contributed by atoms with Gasteiger partial charge in [0.05, 0.1) is 12.2 Å². The Balaban J connectivity index is 2.55. The monoisotopic (exact) mass is 205 g/mol. The van der Waals surface area contributed by atoms with Gasteiger partial charge >= 0.3 is 0 Å². The van der Waals surface area contributed by atoms with E-state index in [-0.39, 0.29) is 18.1 Å². The first-order valence-electron chi connectivity index (χ1n) is 4.59. The molecule has 1 fully saturated rings. The third-order valence-corrected chi connectivity index (χ3v) is 2.26. The fraction of sp³-hybridized carbons (Fsp3) is 0.889. The van der Waals surface area contributed by atoms with Gasteiger partial charge in [0.2, 0.25) is 5.91 Å². The molecule has 0 radical (unpaired) electrons. The number of rotatable bonds is 1. The number of alkyl halides is 1. The van der Waals surface area contributed by atoms with E-state index in [4.69, 9.17) is 16.3 Å². The number of hydrogen-bond donors (Lipinski definition) is 0. The van der Waals surface area contributed by atoms with E-state index < -0.39 is 5.38 Å². The number of morpholine rings is 1. The fourth-order valence-electron chi connectivity index (χ4n) is 1.61. The highest BCUT2D eigenvalue weighted by Gasteiger charge is 2.27. The van der Waals surface area contributed by atoms with Crippen molar-refractivity contribution in [2.45, 2.75) is 38.4 Å². The number of carbonyl (C=O) groups excluding carboxylic acids is 1. The SMILES string of the molecule is C[C@@H]1CN(C(=O)[C@@H](C)Cl)C[C@@H](C)O1. The topological polar surface area (TPSA) is 29.5 Å². The average molecular weight is 206 g/mol. The molecule has 0 saturated carbocycles. The van der Waals surface area contributed by atoms with Crippen molar-refractivity contribution < 1.29 is 9.53 Å². The Morgan fingerprint density at radius 1 is 1.46 bits per heavy atom. The van der Waals surface area contributed by atoms with Crippen LogP contribution in [0.25, 0.3) is 0 Å². The van der Waals surface area contributed by atoms with Gasteiger partial charge in [0.25, 0.3) is 0 Å². The molecule has 1 saturated heterocycles. The first-order chi connectivity index (χ1) is 6.00. The third kappa shape index (κ3) is 2.85. The van der Waals surface area contributed by atoms with Gasteiger partial charge in [0.15, 0.2) is 0 Å². The number of nitrogens with zero attached hydrogens (tertiary/aromatic N) is 1. The molecule has 4 heteroatoms. The molecule has 1 rings (SSSR count). The summed E-state index contributed by atoms with van der Waals surface area (Å²) < 4.78 is 5.51. The lowest BCUT2D eigenvalue weighted by Crippen LogP contribution is -2.50. The van der Waals surface area contributed by atoms with Gasteiger partial charge < -0.3 is 9.64 Å². The van der Waals surface area contributed by atoms with Gasteiger partial charge in [-0.05, 0) is 20.8 Å². The van der Waals surface area contributed by atoms with Crippen LogP contribution in [0, 0.1) is 0 Å². The molecule has 0 N–H and O–H groups in total. The molecule has 13 heavy (non-hydrogen) atoms. The number of hydrogen-bond acceptors (Lipinski definition) is 2. The highest BCUT2D eigenvalue weighted by atomic mass is 35.5. The van der Waals surface area contributed by atoms with Crippen LogP contribution in [0.3, 0.4) is 0 Å². The minimum absolute atomic E-state index is 0.00340. The maximum absolute atomic E-state index is 11.5. The summed E-state index contributed by atoms with van der Waals surface area (Å²) in [6.07, 6.45) is 0.228. The Kier molecular flexibility index (Phi) is 3.56. The molecule has 0 unspecified atom stereocenters. The van der Waals surface area contributed by atoms with Gasteiger partial charge in [0.1, 0.15) is 5.38 Å². The van der Waals surface area contributed by atoms with Crippen LogP contribution in [-0.2, 0) is 9.53 Å². The quantitative estimate of drug-likeness (QED) is 0.603. The van der Waals surface area contributed by atoms with Crippen LogP contribution in [0.15, 0.2) is 0 Å². The van der Waals surface area contributed by atoms with Crippen molar-refractivity contribution in [1.29, 1.82) is 0 Å². The number of carbonyl (C=O) groups is 1. The second-order valence-electron chi connectivity index (χ2n) is 3.62. The van der Waals surface area contributed by atoms with E-state index in [1.807, 2.05) is 13.8 Å². The van der Waals surface area contributed by atoms with Crippen LogP contribution in [0.5, 0.6) is 0 Å². The van der Waals surface area contributed by atoms with E-state index in [9.17, 15) is 4.79 Å². The molecule has 0 bridgehead atoms. The van der Waals surface area contributed by atoms with Crippen LogP contribution >= 0.6 is 11.6 Å². The highest BCUT2D eigenvalue weighted by molar-refractivity contribution is 6.30. The summed E-state index contributed by atoms with van der Waals surface area (Å²) in [5.41, 5.74) is 0. The molecule has 1 amide bonds. The third-order valence-electron chi connectivity index (χ3n) is 2.07. The molecule has 0 aromatic carbocycles. The Hall–Kier alpha value is -0.280. The summed E-state index contributed by atoms with van der Waals surface area (Å²) in [6, 6.07) is 0. The predicted octanol–water partition coefficient (Wildman–Crippen LogP) is 1.25. The normalized spacial score (nSPS) is 31.5. The molecule has 1 aliphatic heterocycles. The highest BCUT2D eigenvalue weighted by Crippen LogP contribution is 2.13. The van der Waals surface area contributed by atoms with Crippen LogP contribution in [-0.4, -0.2) is 41.5 Å². The predicted molar refractivity (Wildman–Crippen MR) is 51.9 cm³/mol. The second-order valence-corrected chi connectivity index (χ2v) is 4.27.